The van der Waals surface area contributed by atoms with Gasteiger partial charge in [-0.1, -0.05) is 0 Å². The van der Waals surface area contributed by atoms with Crippen LogP contribution in [0.4, 0.5) is 0 Å². The number of likely N-dealkylation sites (N-methyl/N-ethyl adjacent to an activating group) is 1. The van der Waals surface area contributed by atoms with Gasteiger partial charge < -0.3 is 15.1 Å². The Morgan fingerprint density at radius 2 is 2.21 bits per heavy atom. The largest absolute Gasteiger partial charge is 0.316 e. The van der Waals surface area contributed by atoms with Crippen molar-refractivity contribution in [3.8, 4) is 0 Å². The monoisotopic (exact) mass is 197 g/mol. The van der Waals surface area contributed by atoms with E-state index in [9.17, 15) is 0 Å². The summed E-state index contributed by atoms with van der Waals surface area (Å²) < 4.78 is 0. The molecule has 14 heavy (non-hydrogen) atoms. The van der Waals surface area contributed by atoms with Crippen LogP contribution in [0.25, 0.3) is 0 Å². The Bertz CT molecular complexity index is 175. The van der Waals surface area contributed by atoms with Gasteiger partial charge in [-0.25, -0.2) is 0 Å². The molecule has 2 heterocycles. The summed E-state index contributed by atoms with van der Waals surface area (Å²) in [6, 6.07) is 0.796. The second-order valence-electron chi connectivity index (χ2n) is 5.02. The minimum absolute atomic E-state index is 0.796. The molecule has 2 atom stereocenters. The Morgan fingerprint density at radius 1 is 1.36 bits per heavy atom. The first kappa shape index (κ1) is 10.4. The molecule has 2 saturated heterocycles. The fraction of sp³-hybridized carbons (Fsp3) is 1.00. The maximum absolute atomic E-state index is 3.44. The average Bonchev–Trinajstić information content (AvgIpc) is 2.75. The van der Waals surface area contributed by atoms with Crippen molar-refractivity contribution in [3.63, 3.8) is 0 Å². The molecule has 0 spiro atoms. The molecule has 0 bridgehead atoms. The highest BCUT2D eigenvalue weighted by atomic mass is 15.2. The second-order valence-corrected chi connectivity index (χ2v) is 5.02. The van der Waals surface area contributed by atoms with E-state index in [0.717, 1.165) is 12.0 Å². The van der Waals surface area contributed by atoms with Gasteiger partial charge in [-0.3, -0.25) is 0 Å². The van der Waals surface area contributed by atoms with Crippen LogP contribution in [-0.2, 0) is 0 Å². The lowest BCUT2D eigenvalue weighted by Gasteiger charge is -2.22. The first-order valence-corrected chi connectivity index (χ1v) is 5.85. The highest BCUT2D eigenvalue weighted by Crippen LogP contribution is 2.17. The van der Waals surface area contributed by atoms with E-state index in [1.165, 1.54) is 45.6 Å². The number of nitrogens with zero attached hydrogens (tertiary/aromatic N) is 2. The molecule has 2 aliphatic rings. The standard InChI is InChI=1S/C11H23N3/c1-13(2)11-4-6-14(9-11)8-10-3-5-12-7-10/h10-12H,3-9H2,1-2H3/t10-,11?/m0/s1. The van der Waals surface area contributed by atoms with E-state index in [0.29, 0.717) is 0 Å². The maximum Gasteiger partial charge on any atom is 0.0229 e. The van der Waals surface area contributed by atoms with E-state index in [1.807, 2.05) is 0 Å². The van der Waals surface area contributed by atoms with Crippen molar-refractivity contribution in [2.24, 2.45) is 5.92 Å². The fourth-order valence-electron chi connectivity index (χ4n) is 2.63. The highest BCUT2D eigenvalue weighted by Gasteiger charge is 2.26. The van der Waals surface area contributed by atoms with Crippen LogP contribution in [0.5, 0.6) is 0 Å². The molecule has 2 fully saturated rings. The van der Waals surface area contributed by atoms with E-state index in [4.69, 9.17) is 0 Å². The summed E-state index contributed by atoms with van der Waals surface area (Å²) in [5.41, 5.74) is 0. The zero-order valence-electron chi connectivity index (χ0n) is 9.50. The minimum atomic E-state index is 0.796. The molecular formula is C11H23N3. The van der Waals surface area contributed by atoms with Crippen molar-refractivity contribution in [2.75, 3.05) is 46.8 Å². The van der Waals surface area contributed by atoms with E-state index >= 15 is 0 Å². The first-order chi connectivity index (χ1) is 6.75. The second kappa shape index (κ2) is 4.60. The van der Waals surface area contributed by atoms with Crippen LogP contribution in [0, 0.1) is 5.92 Å². The van der Waals surface area contributed by atoms with Gasteiger partial charge in [0.2, 0.25) is 0 Å². The van der Waals surface area contributed by atoms with Crippen molar-refractivity contribution < 1.29 is 0 Å². The zero-order valence-corrected chi connectivity index (χ0v) is 9.50. The van der Waals surface area contributed by atoms with E-state index < -0.39 is 0 Å². The normalized spacial score (nSPS) is 34.5. The summed E-state index contributed by atoms with van der Waals surface area (Å²) in [5, 5.41) is 3.44. The van der Waals surface area contributed by atoms with Crippen molar-refractivity contribution >= 4 is 0 Å². The van der Waals surface area contributed by atoms with Crippen LogP contribution in [0.3, 0.4) is 0 Å². The fourth-order valence-corrected chi connectivity index (χ4v) is 2.63. The molecule has 1 N–H and O–H groups in total. The molecule has 0 radical (unpaired) electrons. The number of hydrogen-bond donors (Lipinski definition) is 1. The van der Waals surface area contributed by atoms with Gasteiger partial charge in [0, 0.05) is 19.1 Å². The van der Waals surface area contributed by atoms with Crippen LogP contribution in [0.2, 0.25) is 0 Å². The molecule has 0 aromatic heterocycles. The lowest BCUT2D eigenvalue weighted by atomic mass is 10.1. The molecule has 1 unspecified atom stereocenters. The van der Waals surface area contributed by atoms with Gasteiger partial charge in [-0.15, -0.1) is 0 Å². The van der Waals surface area contributed by atoms with Crippen molar-refractivity contribution in [3.05, 3.63) is 0 Å². The van der Waals surface area contributed by atoms with E-state index in [-0.39, 0.29) is 0 Å². The lowest BCUT2D eigenvalue weighted by molar-refractivity contribution is 0.247. The van der Waals surface area contributed by atoms with Crippen molar-refractivity contribution in [1.82, 2.24) is 15.1 Å². The summed E-state index contributed by atoms with van der Waals surface area (Å²) in [5.74, 6) is 0.913. The summed E-state index contributed by atoms with van der Waals surface area (Å²) in [4.78, 5) is 5.01. The predicted molar refractivity (Wildman–Crippen MR) is 59.5 cm³/mol. The van der Waals surface area contributed by atoms with Gasteiger partial charge >= 0.3 is 0 Å². The third kappa shape index (κ3) is 2.47. The van der Waals surface area contributed by atoms with Gasteiger partial charge in [0.05, 0.1) is 0 Å². The summed E-state index contributed by atoms with van der Waals surface area (Å²) in [6.07, 6.45) is 2.73. The van der Waals surface area contributed by atoms with Crippen LogP contribution < -0.4 is 5.32 Å². The topological polar surface area (TPSA) is 18.5 Å². The molecule has 3 heteroatoms. The minimum Gasteiger partial charge on any atom is -0.316 e. The Kier molecular flexibility index (Phi) is 3.42. The Balaban J connectivity index is 1.72. The number of rotatable bonds is 3. The van der Waals surface area contributed by atoms with Crippen LogP contribution in [0.15, 0.2) is 0 Å². The molecular weight excluding hydrogens is 174 g/mol. The smallest absolute Gasteiger partial charge is 0.0229 e. The molecule has 0 aromatic rings. The maximum atomic E-state index is 3.44. The van der Waals surface area contributed by atoms with Crippen LogP contribution in [0.1, 0.15) is 12.8 Å². The molecule has 2 rings (SSSR count). The average molecular weight is 197 g/mol. The summed E-state index contributed by atoms with van der Waals surface area (Å²) >= 11 is 0. The Labute approximate surface area is 87.4 Å². The van der Waals surface area contributed by atoms with Gasteiger partial charge in [-0.05, 0) is 52.5 Å². The number of likely N-dealkylation sites (tertiary alicyclic amines) is 1. The van der Waals surface area contributed by atoms with Gasteiger partial charge in [0.15, 0.2) is 0 Å². The summed E-state index contributed by atoms with van der Waals surface area (Å²) in [7, 11) is 4.40. The van der Waals surface area contributed by atoms with Gasteiger partial charge in [-0.2, -0.15) is 0 Å². The van der Waals surface area contributed by atoms with Gasteiger partial charge in [0.25, 0.3) is 0 Å². The molecule has 3 nitrogen and oxygen atoms in total. The van der Waals surface area contributed by atoms with Crippen LogP contribution >= 0.6 is 0 Å². The molecule has 0 amide bonds. The molecule has 2 aliphatic heterocycles. The highest BCUT2D eigenvalue weighted by molar-refractivity contribution is 4.83. The first-order valence-electron chi connectivity index (χ1n) is 5.85. The Hall–Kier alpha value is -0.120. The van der Waals surface area contributed by atoms with E-state index in [1.54, 1.807) is 0 Å². The lowest BCUT2D eigenvalue weighted by Crippen LogP contribution is -2.34. The molecule has 0 saturated carbocycles. The Morgan fingerprint density at radius 3 is 2.79 bits per heavy atom. The van der Waals surface area contributed by atoms with Crippen molar-refractivity contribution in [2.45, 2.75) is 18.9 Å². The molecule has 0 aliphatic carbocycles. The predicted octanol–water partition coefficient (Wildman–Crippen LogP) is 0.232. The molecule has 82 valence electrons. The zero-order chi connectivity index (χ0) is 9.97. The van der Waals surface area contributed by atoms with E-state index in [2.05, 4.69) is 29.2 Å². The SMILES string of the molecule is CN(C)C1CCN(C[C@H]2CCNC2)C1. The van der Waals surface area contributed by atoms with Crippen LogP contribution in [-0.4, -0.2) is 62.7 Å². The quantitative estimate of drug-likeness (QED) is 0.699. The number of hydrogen-bond acceptors (Lipinski definition) is 3. The molecule has 0 aromatic carbocycles. The number of nitrogens with one attached hydrogen (secondary N) is 1. The summed E-state index contributed by atoms with van der Waals surface area (Å²) in [6.45, 7) is 6.37. The third-order valence-electron chi connectivity index (χ3n) is 3.66. The van der Waals surface area contributed by atoms with Crippen molar-refractivity contribution in [1.29, 1.82) is 0 Å². The third-order valence-corrected chi connectivity index (χ3v) is 3.66. The van der Waals surface area contributed by atoms with Gasteiger partial charge in [0.1, 0.15) is 0 Å².